The van der Waals surface area contributed by atoms with E-state index in [1.807, 2.05) is 49.1 Å². The highest BCUT2D eigenvalue weighted by atomic mass is 16.5. The van der Waals surface area contributed by atoms with Crippen molar-refractivity contribution in [1.82, 2.24) is 9.88 Å². The van der Waals surface area contributed by atoms with Gasteiger partial charge in [-0.3, -0.25) is 14.6 Å². The number of likely N-dealkylation sites (tertiary alicyclic amines) is 1. The van der Waals surface area contributed by atoms with Gasteiger partial charge in [-0.15, -0.1) is 0 Å². The molecule has 0 N–H and O–H groups in total. The number of ether oxygens (including phenoxy) is 1. The number of aromatic nitrogens is 1. The van der Waals surface area contributed by atoms with Gasteiger partial charge in [0.1, 0.15) is 5.75 Å². The van der Waals surface area contributed by atoms with Crippen molar-refractivity contribution in [2.45, 2.75) is 45.6 Å². The molecule has 2 heterocycles. The van der Waals surface area contributed by atoms with Crippen molar-refractivity contribution in [1.29, 1.82) is 0 Å². The van der Waals surface area contributed by atoms with Crippen LogP contribution in [0.4, 0.5) is 0 Å². The van der Waals surface area contributed by atoms with Gasteiger partial charge < -0.3 is 9.64 Å². The van der Waals surface area contributed by atoms with E-state index in [9.17, 15) is 9.59 Å². The highest BCUT2D eigenvalue weighted by Crippen LogP contribution is 2.31. The molecule has 1 aromatic carbocycles. The highest BCUT2D eigenvalue weighted by Gasteiger charge is 2.30. The number of rotatable bonds is 7. The van der Waals surface area contributed by atoms with Crippen molar-refractivity contribution >= 4 is 11.7 Å². The fourth-order valence-electron chi connectivity index (χ4n) is 3.59. The van der Waals surface area contributed by atoms with Crippen LogP contribution in [0.5, 0.6) is 5.75 Å². The number of benzene rings is 1. The lowest BCUT2D eigenvalue weighted by molar-refractivity contribution is -0.132. The van der Waals surface area contributed by atoms with Crippen LogP contribution in [0.3, 0.4) is 0 Å². The van der Waals surface area contributed by atoms with E-state index in [1.54, 1.807) is 12.3 Å². The van der Waals surface area contributed by atoms with Gasteiger partial charge in [0.15, 0.2) is 5.78 Å². The molecule has 5 heteroatoms. The Labute approximate surface area is 160 Å². The molecular formula is C22H26N2O3. The molecule has 0 spiro atoms. The molecule has 1 aliphatic rings. The molecule has 0 aliphatic carbocycles. The molecule has 5 nitrogen and oxygen atoms in total. The molecule has 2 aromatic rings. The summed E-state index contributed by atoms with van der Waals surface area (Å²) in [7, 11) is 0. The second-order valence-electron chi connectivity index (χ2n) is 6.84. The third-order valence-corrected chi connectivity index (χ3v) is 4.97. The summed E-state index contributed by atoms with van der Waals surface area (Å²) in [6, 6.07) is 11.3. The molecule has 0 radical (unpaired) electrons. The molecule has 1 fully saturated rings. The standard InChI is InChI=1S/C22H26N2O3/c1-3-27-21-11-9-17(15-16(21)2)20(25)10-12-22(26)24-14-6-8-19(24)18-7-4-5-13-23-18/h4-5,7,9,11,13,15,19H,3,6,8,10,12,14H2,1-2H3. The Bertz CT molecular complexity index is 804. The lowest BCUT2D eigenvalue weighted by atomic mass is 10.0. The molecule has 1 unspecified atom stereocenters. The SMILES string of the molecule is CCOc1ccc(C(=O)CCC(=O)N2CCCC2c2ccccn2)cc1C. The zero-order valence-corrected chi connectivity index (χ0v) is 16.0. The molecule has 1 atom stereocenters. The van der Waals surface area contributed by atoms with E-state index in [1.165, 1.54) is 0 Å². The first-order chi connectivity index (χ1) is 13.1. The molecule has 142 valence electrons. The molecule has 3 rings (SSSR count). The third-order valence-electron chi connectivity index (χ3n) is 4.97. The number of carbonyl (C=O) groups is 2. The topological polar surface area (TPSA) is 59.5 Å². The van der Waals surface area contributed by atoms with Crippen molar-refractivity contribution < 1.29 is 14.3 Å². The maximum atomic E-state index is 12.7. The maximum absolute atomic E-state index is 12.7. The van der Waals surface area contributed by atoms with Crippen LogP contribution in [0.25, 0.3) is 0 Å². The number of pyridine rings is 1. The van der Waals surface area contributed by atoms with Crippen molar-refractivity contribution in [2.24, 2.45) is 0 Å². The van der Waals surface area contributed by atoms with Gasteiger partial charge in [-0.25, -0.2) is 0 Å². The average molecular weight is 366 g/mol. The Kier molecular flexibility index (Phi) is 6.22. The Hall–Kier alpha value is -2.69. The molecule has 1 aromatic heterocycles. The summed E-state index contributed by atoms with van der Waals surface area (Å²) in [5.74, 6) is 0.808. The highest BCUT2D eigenvalue weighted by molar-refractivity contribution is 5.98. The molecule has 0 saturated carbocycles. The summed E-state index contributed by atoms with van der Waals surface area (Å²) in [4.78, 5) is 31.5. The van der Waals surface area contributed by atoms with Gasteiger partial charge in [0, 0.05) is 31.1 Å². The minimum Gasteiger partial charge on any atom is -0.494 e. The summed E-state index contributed by atoms with van der Waals surface area (Å²) in [5.41, 5.74) is 2.49. The van der Waals surface area contributed by atoms with Gasteiger partial charge in [0.2, 0.25) is 5.91 Å². The minimum absolute atomic E-state index is 0.0110. The first kappa shape index (κ1) is 19.1. The molecule has 1 amide bonds. The van der Waals surface area contributed by atoms with Gasteiger partial charge >= 0.3 is 0 Å². The number of ketones is 1. The molecule has 27 heavy (non-hydrogen) atoms. The van der Waals surface area contributed by atoms with Crippen LogP contribution in [-0.4, -0.2) is 34.7 Å². The number of hydrogen-bond acceptors (Lipinski definition) is 4. The van der Waals surface area contributed by atoms with Gasteiger partial charge in [-0.1, -0.05) is 6.07 Å². The van der Waals surface area contributed by atoms with Crippen LogP contribution < -0.4 is 4.74 Å². The molecule has 1 saturated heterocycles. The van der Waals surface area contributed by atoms with Gasteiger partial charge in [-0.2, -0.15) is 0 Å². The summed E-state index contributed by atoms with van der Waals surface area (Å²) in [5, 5.41) is 0. The Balaban J connectivity index is 1.60. The fourth-order valence-corrected chi connectivity index (χ4v) is 3.59. The first-order valence-corrected chi connectivity index (χ1v) is 9.57. The van der Waals surface area contributed by atoms with Crippen LogP contribution in [0.2, 0.25) is 0 Å². The van der Waals surface area contributed by atoms with E-state index in [-0.39, 0.29) is 30.6 Å². The van der Waals surface area contributed by atoms with E-state index in [0.29, 0.717) is 12.2 Å². The second kappa shape index (κ2) is 8.80. The monoisotopic (exact) mass is 366 g/mol. The number of carbonyl (C=O) groups excluding carboxylic acids is 2. The van der Waals surface area contributed by atoms with Gasteiger partial charge in [-0.05, 0) is 62.6 Å². The minimum atomic E-state index is -0.0110. The summed E-state index contributed by atoms with van der Waals surface area (Å²) in [6.07, 6.45) is 4.11. The van der Waals surface area contributed by atoms with Crippen molar-refractivity contribution in [3.8, 4) is 5.75 Å². The second-order valence-corrected chi connectivity index (χ2v) is 6.84. The average Bonchev–Trinajstić information content (AvgIpc) is 3.18. The Morgan fingerprint density at radius 2 is 2.07 bits per heavy atom. The molecular weight excluding hydrogens is 340 g/mol. The number of Topliss-reactive ketones (excluding diaryl/α,β-unsaturated/α-hetero) is 1. The van der Waals surface area contributed by atoms with E-state index in [4.69, 9.17) is 4.74 Å². The molecule has 1 aliphatic heterocycles. The fraction of sp³-hybridized carbons (Fsp3) is 0.409. The van der Waals surface area contributed by atoms with E-state index in [0.717, 1.165) is 36.4 Å². The molecule has 0 bridgehead atoms. The number of nitrogens with zero attached hydrogens (tertiary/aromatic N) is 2. The number of aryl methyl sites for hydroxylation is 1. The Morgan fingerprint density at radius 3 is 2.78 bits per heavy atom. The predicted octanol–water partition coefficient (Wildman–Crippen LogP) is 4.12. The van der Waals surface area contributed by atoms with Crippen molar-refractivity contribution in [2.75, 3.05) is 13.2 Å². The van der Waals surface area contributed by atoms with Gasteiger partial charge in [0.05, 0.1) is 18.3 Å². The largest absolute Gasteiger partial charge is 0.494 e. The summed E-state index contributed by atoms with van der Waals surface area (Å²) < 4.78 is 5.51. The normalized spacial score (nSPS) is 16.4. The Morgan fingerprint density at radius 1 is 1.22 bits per heavy atom. The van der Waals surface area contributed by atoms with E-state index in [2.05, 4.69) is 4.98 Å². The summed E-state index contributed by atoms with van der Waals surface area (Å²) >= 11 is 0. The van der Waals surface area contributed by atoms with Crippen LogP contribution in [0.15, 0.2) is 42.6 Å². The van der Waals surface area contributed by atoms with Crippen molar-refractivity contribution in [3.63, 3.8) is 0 Å². The smallest absolute Gasteiger partial charge is 0.223 e. The first-order valence-electron chi connectivity index (χ1n) is 9.57. The summed E-state index contributed by atoms with van der Waals surface area (Å²) in [6.45, 7) is 5.18. The maximum Gasteiger partial charge on any atom is 0.223 e. The van der Waals surface area contributed by atoms with E-state index >= 15 is 0 Å². The number of hydrogen-bond donors (Lipinski definition) is 0. The van der Waals surface area contributed by atoms with E-state index < -0.39 is 0 Å². The quantitative estimate of drug-likeness (QED) is 0.692. The zero-order chi connectivity index (χ0) is 19.2. The number of amides is 1. The van der Waals surface area contributed by atoms with Gasteiger partial charge in [0.25, 0.3) is 0 Å². The third kappa shape index (κ3) is 4.54. The van der Waals surface area contributed by atoms with Crippen molar-refractivity contribution in [3.05, 3.63) is 59.4 Å². The zero-order valence-electron chi connectivity index (χ0n) is 16.0. The lowest BCUT2D eigenvalue weighted by Gasteiger charge is -2.24. The van der Waals surface area contributed by atoms with Crippen LogP contribution in [0, 0.1) is 6.92 Å². The van der Waals surface area contributed by atoms with Crippen LogP contribution in [-0.2, 0) is 4.79 Å². The lowest BCUT2D eigenvalue weighted by Crippen LogP contribution is -2.31. The predicted molar refractivity (Wildman–Crippen MR) is 104 cm³/mol. The van der Waals surface area contributed by atoms with Crippen LogP contribution >= 0.6 is 0 Å². The van der Waals surface area contributed by atoms with Crippen LogP contribution in [0.1, 0.15) is 60.3 Å².